The van der Waals surface area contributed by atoms with E-state index in [0.717, 1.165) is 54.4 Å². The van der Waals surface area contributed by atoms with Crippen LogP contribution in [0, 0.1) is 5.92 Å². The van der Waals surface area contributed by atoms with Crippen LogP contribution in [-0.2, 0) is 29.5 Å². The van der Waals surface area contributed by atoms with Crippen LogP contribution in [0.25, 0.3) is 11.0 Å². The van der Waals surface area contributed by atoms with Gasteiger partial charge in [0.25, 0.3) is 0 Å². The van der Waals surface area contributed by atoms with E-state index < -0.39 is 9.84 Å². The zero-order chi connectivity index (χ0) is 21.1. The van der Waals surface area contributed by atoms with Crippen molar-refractivity contribution in [1.82, 2.24) is 24.8 Å². The molecular weight excluding hydrogens is 402 g/mol. The Hall–Kier alpha value is -2.26. The summed E-state index contributed by atoms with van der Waals surface area (Å²) in [6.45, 7) is 4.10. The fraction of sp³-hybridized carbons (Fsp3) is 0.571. The minimum Gasteiger partial charge on any atom is -0.318 e. The van der Waals surface area contributed by atoms with Gasteiger partial charge in [-0.05, 0) is 60.2 Å². The van der Waals surface area contributed by atoms with Crippen molar-refractivity contribution in [2.24, 2.45) is 5.92 Å². The van der Waals surface area contributed by atoms with Crippen LogP contribution < -0.4 is 0 Å². The van der Waals surface area contributed by atoms with Crippen molar-refractivity contribution < 1.29 is 13.0 Å². The molecule has 2 heterocycles. The van der Waals surface area contributed by atoms with Crippen molar-refractivity contribution in [3.8, 4) is 0 Å². The minimum absolute atomic E-state index is 0.219. The molecule has 2 aromatic heterocycles. The average Bonchev–Trinajstić information content (AvgIpc) is 3.30. The third kappa shape index (κ3) is 4.57. The van der Waals surface area contributed by atoms with Gasteiger partial charge < -0.3 is 4.57 Å². The summed E-state index contributed by atoms with van der Waals surface area (Å²) in [6, 6.07) is 5.86. The molecule has 3 aromatic rings. The Morgan fingerprint density at radius 3 is 2.73 bits per heavy atom. The zero-order valence-corrected chi connectivity index (χ0v) is 18.4. The summed E-state index contributed by atoms with van der Waals surface area (Å²) in [5.41, 5.74) is 3.50. The van der Waals surface area contributed by atoms with Crippen LogP contribution in [0.4, 0.5) is 0 Å². The highest BCUT2D eigenvalue weighted by Gasteiger charge is 2.30. The third-order valence-electron chi connectivity index (χ3n) is 5.80. The second-order valence-corrected chi connectivity index (χ2v) is 10.3. The zero-order valence-electron chi connectivity index (χ0n) is 17.6. The SMILES string of the molecule is CCCCn1c(CN(C)Cc2ccc3nonc3c2)cnc1S(=O)(=O)CC1CCC1. The summed E-state index contributed by atoms with van der Waals surface area (Å²) in [6.07, 6.45) is 6.81. The summed E-state index contributed by atoms with van der Waals surface area (Å²) in [4.78, 5) is 6.51. The lowest BCUT2D eigenvalue weighted by molar-refractivity contribution is 0.306. The Kier molecular flexibility index (Phi) is 6.19. The summed E-state index contributed by atoms with van der Waals surface area (Å²) < 4.78 is 32.7. The molecule has 9 heteroatoms. The van der Waals surface area contributed by atoms with Gasteiger partial charge in [-0.25, -0.2) is 18.0 Å². The number of nitrogens with zero attached hydrogens (tertiary/aromatic N) is 5. The third-order valence-corrected chi connectivity index (χ3v) is 7.59. The molecule has 1 aliphatic rings. The van der Waals surface area contributed by atoms with Crippen LogP contribution >= 0.6 is 0 Å². The number of fused-ring (bicyclic) bond motifs is 1. The second kappa shape index (κ2) is 8.85. The lowest BCUT2D eigenvalue weighted by atomic mass is 9.87. The highest BCUT2D eigenvalue weighted by molar-refractivity contribution is 7.91. The summed E-state index contributed by atoms with van der Waals surface area (Å²) in [5, 5.41) is 7.97. The van der Waals surface area contributed by atoms with Gasteiger partial charge in [0, 0.05) is 19.6 Å². The van der Waals surface area contributed by atoms with E-state index in [2.05, 4.69) is 27.1 Å². The van der Waals surface area contributed by atoms with Crippen LogP contribution in [0.5, 0.6) is 0 Å². The predicted molar refractivity (Wildman–Crippen MR) is 114 cm³/mol. The Labute approximate surface area is 177 Å². The van der Waals surface area contributed by atoms with Crippen molar-refractivity contribution in [1.29, 1.82) is 0 Å². The van der Waals surface area contributed by atoms with Crippen molar-refractivity contribution in [3.63, 3.8) is 0 Å². The van der Waals surface area contributed by atoms with E-state index in [9.17, 15) is 8.42 Å². The first-order valence-electron chi connectivity index (χ1n) is 10.6. The van der Waals surface area contributed by atoms with Gasteiger partial charge >= 0.3 is 0 Å². The maximum atomic E-state index is 13.0. The maximum absolute atomic E-state index is 13.0. The van der Waals surface area contributed by atoms with Gasteiger partial charge in [0.15, 0.2) is 0 Å². The van der Waals surface area contributed by atoms with Crippen LogP contribution in [0.3, 0.4) is 0 Å². The fourth-order valence-electron chi connectivity index (χ4n) is 3.94. The number of unbranched alkanes of at least 4 members (excludes halogenated alkanes) is 1. The molecule has 8 nitrogen and oxygen atoms in total. The molecule has 30 heavy (non-hydrogen) atoms. The fourth-order valence-corrected chi connectivity index (χ4v) is 5.80. The molecule has 0 amide bonds. The summed E-state index contributed by atoms with van der Waals surface area (Å²) >= 11 is 0. The number of benzene rings is 1. The normalized spacial score (nSPS) is 15.2. The smallest absolute Gasteiger partial charge is 0.227 e. The molecular formula is C21H29N5O3S. The first-order valence-corrected chi connectivity index (χ1v) is 12.3. The molecule has 1 aromatic carbocycles. The monoisotopic (exact) mass is 431 g/mol. The Balaban J connectivity index is 1.51. The summed E-state index contributed by atoms with van der Waals surface area (Å²) in [5.74, 6) is 0.510. The predicted octanol–water partition coefficient (Wildman–Crippen LogP) is 3.43. The van der Waals surface area contributed by atoms with Gasteiger partial charge in [0.1, 0.15) is 11.0 Å². The first kappa shape index (κ1) is 21.0. The topological polar surface area (TPSA) is 94.1 Å². The number of imidazole rings is 1. The van der Waals surface area contributed by atoms with Crippen molar-refractivity contribution in [2.45, 2.75) is 63.8 Å². The summed E-state index contributed by atoms with van der Waals surface area (Å²) in [7, 11) is -1.35. The molecule has 1 aliphatic carbocycles. The van der Waals surface area contributed by atoms with E-state index in [1.165, 1.54) is 0 Å². The van der Waals surface area contributed by atoms with Gasteiger partial charge in [-0.2, -0.15) is 0 Å². The molecule has 0 radical (unpaired) electrons. The van der Waals surface area contributed by atoms with Crippen LogP contribution in [0.15, 0.2) is 34.2 Å². The molecule has 0 bridgehead atoms. The van der Waals surface area contributed by atoms with E-state index in [-0.39, 0.29) is 10.9 Å². The van der Waals surface area contributed by atoms with Crippen molar-refractivity contribution >= 4 is 20.9 Å². The van der Waals surface area contributed by atoms with Gasteiger partial charge in [-0.3, -0.25) is 4.90 Å². The molecule has 1 saturated carbocycles. The van der Waals surface area contributed by atoms with Crippen molar-refractivity contribution in [3.05, 3.63) is 35.7 Å². The van der Waals surface area contributed by atoms with Crippen molar-refractivity contribution in [2.75, 3.05) is 12.8 Å². The molecule has 0 atom stereocenters. The average molecular weight is 432 g/mol. The highest BCUT2D eigenvalue weighted by atomic mass is 32.2. The van der Waals surface area contributed by atoms with E-state index in [0.29, 0.717) is 25.6 Å². The van der Waals surface area contributed by atoms with Crippen LogP contribution in [-0.4, -0.2) is 46.0 Å². The molecule has 0 N–H and O–H groups in total. The highest BCUT2D eigenvalue weighted by Crippen LogP contribution is 2.30. The molecule has 4 rings (SSSR count). The lowest BCUT2D eigenvalue weighted by Crippen LogP contribution is -2.25. The van der Waals surface area contributed by atoms with Gasteiger partial charge in [-0.15, -0.1) is 0 Å². The molecule has 0 spiro atoms. The van der Waals surface area contributed by atoms with Crippen LogP contribution in [0.2, 0.25) is 0 Å². The maximum Gasteiger partial charge on any atom is 0.227 e. The molecule has 0 unspecified atom stereocenters. The van der Waals surface area contributed by atoms with E-state index in [4.69, 9.17) is 4.63 Å². The van der Waals surface area contributed by atoms with Gasteiger partial charge in [-0.1, -0.05) is 25.8 Å². The number of aromatic nitrogens is 4. The molecule has 162 valence electrons. The minimum atomic E-state index is -3.37. The first-order chi connectivity index (χ1) is 14.5. The largest absolute Gasteiger partial charge is 0.318 e. The van der Waals surface area contributed by atoms with Crippen LogP contribution in [0.1, 0.15) is 50.3 Å². The second-order valence-electron chi connectivity index (χ2n) is 8.38. The Bertz CT molecular complexity index is 1100. The number of hydrogen-bond donors (Lipinski definition) is 0. The molecule has 0 saturated heterocycles. The Morgan fingerprint density at radius 1 is 1.20 bits per heavy atom. The van der Waals surface area contributed by atoms with Gasteiger partial charge in [0.2, 0.25) is 15.0 Å². The quantitative estimate of drug-likeness (QED) is 0.485. The lowest BCUT2D eigenvalue weighted by Gasteiger charge is -2.25. The van der Waals surface area contributed by atoms with Gasteiger partial charge in [0.05, 0.1) is 17.6 Å². The van der Waals surface area contributed by atoms with E-state index in [1.54, 1.807) is 6.20 Å². The number of sulfone groups is 1. The number of rotatable bonds is 10. The Morgan fingerprint density at radius 2 is 2.00 bits per heavy atom. The molecule has 1 fully saturated rings. The standard InChI is InChI=1S/C21H29N5O3S/c1-3-4-10-26-18(12-22-21(26)30(27,28)15-16-6-5-7-16)14-25(2)13-17-8-9-19-20(11-17)24-29-23-19/h8-9,11-12,16H,3-7,10,13-15H2,1-2H3. The van der Waals surface area contributed by atoms with E-state index >= 15 is 0 Å². The molecule has 0 aliphatic heterocycles. The van der Waals surface area contributed by atoms with E-state index in [1.807, 2.05) is 29.8 Å². The number of hydrogen-bond acceptors (Lipinski definition) is 7.